The van der Waals surface area contributed by atoms with Crippen molar-refractivity contribution in [3.8, 4) is 0 Å². The molecule has 0 bridgehead atoms. The average Bonchev–Trinajstić information content (AvgIpc) is 2.98. The zero-order valence-corrected chi connectivity index (χ0v) is 15.0. The fourth-order valence-corrected chi connectivity index (χ4v) is 2.57. The highest BCUT2D eigenvalue weighted by atomic mass is 35.5. The molecule has 0 aliphatic carbocycles. The maximum atomic E-state index is 12.0. The van der Waals surface area contributed by atoms with Crippen LogP contribution in [-0.2, 0) is 27.3 Å². The van der Waals surface area contributed by atoms with E-state index in [9.17, 15) is 9.59 Å². The van der Waals surface area contributed by atoms with E-state index in [1.165, 1.54) is 0 Å². The smallest absolute Gasteiger partial charge is 0.307 e. The normalized spacial score (nSPS) is 12.0. The van der Waals surface area contributed by atoms with Gasteiger partial charge in [0.25, 0.3) is 0 Å². The van der Waals surface area contributed by atoms with Crippen LogP contribution in [0.3, 0.4) is 0 Å². The van der Waals surface area contributed by atoms with Gasteiger partial charge in [0, 0.05) is 16.5 Å². The van der Waals surface area contributed by atoms with Crippen LogP contribution in [-0.4, -0.2) is 44.6 Å². The second-order valence-corrected chi connectivity index (χ2v) is 6.01. The lowest BCUT2D eigenvalue weighted by Gasteiger charge is -2.08. The minimum Gasteiger partial charge on any atom is -0.466 e. The lowest BCUT2D eigenvalue weighted by Crippen LogP contribution is -2.36. The van der Waals surface area contributed by atoms with Gasteiger partial charge in [-0.1, -0.05) is 29.3 Å². The molecule has 0 amide bonds. The minimum absolute atomic E-state index is 0.191. The summed E-state index contributed by atoms with van der Waals surface area (Å²) in [7, 11) is 0. The Hall–Kier alpha value is -2.03. The number of aromatic nitrogens is 4. The Morgan fingerprint density at radius 3 is 2.64 bits per heavy atom. The van der Waals surface area contributed by atoms with Crippen molar-refractivity contribution in [1.82, 2.24) is 20.2 Å². The number of rotatable bonds is 8. The van der Waals surface area contributed by atoms with Crippen LogP contribution >= 0.6 is 23.2 Å². The maximum Gasteiger partial charge on any atom is 0.307 e. The molecule has 0 spiro atoms. The highest BCUT2D eigenvalue weighted by Crippen LogP contribution is 2.25. The first kappa shape index (κ1) is 19.3. The Labute approximate surface area is 154 Å². The van der Waals surface area contributed by atoms with Crippen LogP contribution in [0.5, 0.6) is 0 Å². The Kier molecular flexibility index (Phi) is 6.86. The van der Waals surface area contributed by atoms with Gasteiger partial charge in [0.1, 0.15) is 6.54 Å². The molecule has 2 rings (SSSR count). The number of hydrogen-bond donors (Lipinski definition) is 1. The Morgan fingerprint density at radius 2 is 2.00 bits per heavy atom. The third-order valence-electron chi connectivity index (χ3n) is 3.29. The predicted molar refractivity (Wildman–Crippen MR) is 91.3 cm³/mol. The number of carbonyl (C=O) groups is 2. The first-order valence-corrected chi connectivity index (χ1v) is 8.29. The molecule has 0 aliphatic heterocycles. The highest BCUT2D eigenvalue weighted by Gasteiger charge is 2.20. The molecule has 1 heterocycles. The van der Waals surface area contributed by atoms with Crippen molar-refractivity contribution in [2.45, 2.75) is 32.4 Å². The van der Waals surface area contributed by atoms with Gasteiger partial charge < -0.3 is 10.5 Å². The summed E-state index contributed by atoms with van der Waals surface area (Å²) in [4.78, 5) is 24.5. The summed E-state index contributed by atoms with van der Waals surface area (Å²) in [6.45, 7) is 1.72. The first-order valence-electron chi connectivity index (χ1n) is 7.54. The second kappa shape index (κ2) is 8.89. The average molecular weight is 386 g/mol. The number of esters is 1. The van der Waals surface area contributed by atoms with E-state index in [1.54, 1.807) is 25.1 Å². The number of benzene rings is 1. The summed E-state index contributed by atoms with van der Waals surface area (Å²) in [5.41, 5.74) is 6.37. The molecule has 0 radical (unpaired) electrons. The van der Waals surface area contributed by atoms with Gasteiger partial charge in [0.15, 0.2) is 11.6 Å². The molecule has 0 fully saturated rings. The quantitative estimate of drug-likeness (QED) is 0.683. The number of carbonyl (C=O) groups excluding carboxylic acids is 2. The van der Waals surface area contributed by atoms with E-state index in [0.717, 1.165) is 4.80 Å². The molecule has 8 nitrogen and oxygen atoms in total. The van der Waals surface area contributed by atoms with Crippen molar-refractivity contribution in [3.63, 3.8) is 0 Å². The third kappa shape index (κ3) is 5.48. The lowest BCUT2D eigenvalue weighted by molar-refractivity contribution is -0.144. The zero-order valence-electron chi connectivity index (χ0n) is 13.5. The molecule has 0 aliphatic rings. The molecule has 2 N–H and O–H groups in total. The molecule has 25 heavy (non-hydrogen) atoms. The zero-order chi connectivity index (χ0) is 18.4. The number of ketones is 1. The van der Waals surface area contributed by atoms with Crippen LogP contribution in [0.15, 0.2) is 18.2 Å². The Balaban J connectivity index is 1.97. The van der Waals surface area contributed by atoms with Crippen LogP contribution in [0.2, 0.25) is 10.0 Å². The fraction of sp³-hybridized carbons (Fsp3) is 0.400. The van der Waals surface area contributed by atoms with Crippen LogP contribution in [0.25, 0.3) is 0 Å². The standard InChI is InChI=1S/C15H17Cl2N5O3/c1-2-25-15(24)7-12(18)13(23)8-22-20-14(19-21-22)6-9-10(16)4-3-5-11(9)17/h3-5,12H,2,6-8,18H2,1H3. The summed E-state index contributed by atoms with van der Waals surface area (Å²) >= 11 is 12.2. The van der Waals surface area contributed by atoms with E-state index in [1.807, 2.05) is 0 Å². The Morgan fingerprint density at radius 1 is 1.32 bits per heavy atom. The molecule has 0 saturated carbocycles. The maximum absolute atomic E-state index is 12.0. The van der Waals surface area contributed by atoms with E-state index < -0.39 is 17.8 Å². The first-order chi connectivity index (χ1) is 11.9. The second-order valence-electron chi connectivity index (χ2n) is 5.20. The van der Waals surface area contributed by atoms with Crippen LogP contribution in [0.1, 0.15) is 24.7 Å². The number of nitrogens with two attached hydrogens (primary N) is 1. The summed E-state index contributed by atoms with van der Waals surface area (Å²) in [6.07, 6.45) is 0.0883. The van der Waals surface area contributed by atoms with Gasteiger partial charge in [-0.2, -0.15) is 4.80 Å². The van der Waals surface area contributed by atoms with E-state index in [0.29, 0.717) is 21.4 Å². The topological polar surface area (TPSA) is 113 Å². The largest absolute Gasteiger partial charge is 0.466 e. The SMILES string of the molecule is CCOC(=O)CC(N)C(=O)Cn1nnc(Cc2c(Cl)cccc2Cl)n1. The van der Waals surface area contributed by atoms with Gasteiger partial charge in [0.05, 0.1) is 19.1 Å². The summed E-state index contributed by atoms with van der Waals surface area (Å²) in [6, 6.07) is 4.18. The van der Waals surface area contributed by atoms with Gasteiger partial charge >= 0.3 is 5.97 Å². The third-order valence-corrected chi connectivity index (χ3v) is 4.00. The molecular formula is C15H17Cl2N5O3. The van der Waals surface area contributed by atoms with Gasteiger partial charge in [0.2, 0.25) is 0 Å². The van der Waals surface area contributed by atoms with Crippen molar-refractivity contribution in [2.75, 3.05) is 6.61 Å². The Bertz CT molecular complexity index is 745. The van der Waals surface area contributed by atoms with Crippen molar-refractivity contribution >= 4 is 35.0 Å². The van der Waals surface area contributed by atoms with Crippen molar-refractivity contribution in [2.24, 2.45) is 5.73 Å². The lowest BCUT2D eigenvalue weighted by atomic mass is 10.1. The number of halogens is 2. The molecule has 1 atom stereocenters. The number of nitrogens with zero attached hydrogens (tertiary/aromatic N) is 4. The fourth-order valence-electron chi connectivity index (χ4n) is 2.04. The molecular weight excluding hydrogens is 369 g/mol. The van der Waals surface area contributed by atoms with Crippen molar-refractivity contribution in [3.05, 3.63) is 39.6 Å². The van der Waals surface area contributed by atoms with Crippen LogP contribution in [0.4, 0.5) is 0 Å². The molecule has 1 aromatic carbocycles. The molecule has 2 aromatic rings. The number of Topliss-reactive ketones (excluding diaryl/α,β-unsaturated/α-hetero) is 1. The number of ether oxygens (including phenoxy) is 1. The molecule has 0 saturated heterocycles. The number of tetrazole rings is 1. The van der Waals surface area contributed by atoms with Crippen LogP contribution < -0.4 is 5.73 Å². The minimum atomic E-state index is -0.980. The van der Waals surface area contributed by atoms with Crippen molar-refractivity contribution in [1.29, 1.82) is 0 Å². The predicted octanol–water partition coefficient (Wildman–Crippen LogP) is 1.42. The highest BCUT2D eigenvalue weighted by molar-refractivity contribution is 6.36. The van der Waals surface area contributed by atoms with E-state index >= 15 is 0 Å². The monoisotopic (exact) mass is 385 g/mol. The summed E-state index contributed by atoms with van der Waals surface area (Å²) in [5, 5.41) is 12.8. The molecule has 10 heteroatoms. The van der Waals surface area contributed by atoms with Gasteiger partial charge in [-0.3, -0.25) is 9.59 Å². The van der Waals surface area contributed by atoms with E-state index in [4.69, 9.17) is 33.7 Å². The van der Waals surface area contributed by atoms with Crippen molar-refractivity contribution < 1.29 is 14.3 Å². The number of hydrogen-bond acceptors (Lipinski definition) is 7. The van der Waals surface area contributed by atoms with Gasteiger partial charge in [-0.25, -0.2) is 0 Å². The van der Waals surface area contributed by atoms with Gasteiger partial charge in [-0.15, -0.1) is 10.2 Å². The summed E-state index contributed by atoms with van der Waals surface area (Å²) < 4.78 is 4.76. The molecule has 1 aromatic heterocycles. The van der Waals surface area contributed by atoms with Crippen LogP contribution in [0, 0.1) is 0 Å². The summed E-state index contributed by atoms with van der Waals surface area (Å²) in [5.74, 6) is -0.557. The van der Waals surface area contributed by atoms with E-state index in [-0.39, 0.29) is 26.0 Å². The van der Waals surface area contributed by atoms with E-state index in [2.05, 4.69) is 15.4 Å². The molecule has 1 unspecified atom stereocenters. The van der Waals surface area contributed by atoms with Gasteiger partial charge in [-0.05, 0) is 29.8 Å². The molecule has 134 valence electrons.